The number of hydrogen-bond acceptors (Lipinski definition) is 4. The SMILES string of the molecule is CC1(C(O)c2cnccc2N)CCCCO1. The van der Waals surface area contributed by atoms with Crippen molar-refractivity contribution in [2.24, 2.45) is 0 Å². The van der Waals surface area contributed by atoms with E-state index in [1.54, 1.807) is 18.5 Å². The first kappa shape index (κ1) is 11.4. The van der Waals surface area contributed by atoms with E-state index in [1.165, 1.54) is 0 Å². The van der Waals surface area contributed by atoms with Gasteiger partial charge in [0.15, 0.2) is 0 Å². The number of aliphatic hydroxyl groups is 1. The first-order valence-electron chi connectivity index (χ1n) is 5.65. The summed E-state index contributed by atoms with van der Waals surface area (Å²) in [5, 5.41) is 10.3. The monoisotopic (exact) mass is 222 g/mol. The second-order valence-corrected chi connectivity index (χ2v) is 4.53. The average molecular weight is 222 g/mol. The van der Waals surface area contributed by atoms with Crippen molar-refractivity contribution in [3.05, 3.63) is 24.0 Å². The second kappa shape index (κ2) is 4.39. The molecule has 2 heterocycles. The molecule has 0 spiro atoms. The van der Waals surface area contributed by atoms with E-state index in [1.807, 2.05) is 6.92 Å². The van der Waals surface area contributed by atoms with Crippen LogP contribution in [0.25, 0.3) is 0 Å². The molecular formula is C12H18N2O2. The molecule has 88 valence electrons. The van der Waals surface area contributed by atoms with Gasteiger partial charge < -0.3 is 15.6 Å². The molecule has 2 atom stereocenters. The van der Waals surface area contributed by atoms with Crippen molar-refractivity contribution in [3.63, 3.8) is 0 Å². The number of nitrogens with two attached hydrogens (primary N) is 1. The molecule has 0 bridgehead atoms. The lowest BCUT2D eigenvalue weighted by Crippen LogP contribution is -2.39. The van der Waals surface area contributed by atoms with Gasteiger partial charge in [-0.05, 0) is 32.3 Å². The van der Waals surface area contributed by atoms with Gasteiger partial charge in [0, 0.05) is 30.3 Å². The van der Waals surface area contributed by atoms with Crippen LogP contribution in [0.1, 0.15) is 37.9 Å². The Balaban J connectivity index is 2.24. The summed E-state index contributed by atoms with van der Waals surface area (Å²) in [7, 11) is 0. The highest BCUT2D eigenvalue weighted by Crippen LogP contribution is 2.37. The number of aromatic nitrogens is 1. The molecule has 0 radical (unpaired) electrons. The minimum atomic E-state index is -0.707. The van der Waals surface area contributed by atoms with Gasteiger partial charge in [-0.15, -0.1) is 0 Å². The van der Waals surface area contributed by atoms with Crippen LogP contribution < -0.4 is 5.73 Å². The molecule has 1 aromatic heterocycles. The molecule has 2 rings (SSSR count). The van der Waals surface area contributed by atoms with Gasteiger partial charge in [-0.2, -0.15) is 0 Å². The summed E-state index contributed by atoms with van der Waals surface area (Å²) >= 11 is 0. The lowest BCUT2D eigenvalue weighted by atomic mass is 9.86. The Hall–Kier alpha value is -1.13. The quantitative estimate of drug-likeness (QED) is 0.798. The molecule has 0 aromatic carbocycles. The van der Waals surface area contributed by atoms with Gasteiger partial charge in [-0.25, -0.2) is 0 Å². The third-order valence-electron chi connectivity index (χ3n) is 3.26. The molecule has 0 aliphatic carbocycles. The fourth-order valence-corrected chi connectivity index (χ4v) is 2.15. The minimum absolute atomic E-state index is 0.532. The standard InChI is InChI=1S/C12H18N2O2/c1-12(5-2-3-7-16-12)11(15)9-8-14-6-4-10(9)13/h4,6,8,11,15H,2-3,5,7H2,1H3,(H2,13,14). The van der Waals surface area contributed by atoms with E-state index in [9.17, 15) is 5.11 Å². The molecule has 0 amide bonds. The van der Waals surface area contributed by atoms with Crippen LogP contribution >= 0.6 is 0 Å². The van der Waals surface area contributed by atoms with Crippen molar-refractivity contribution in [1.29, 1.82) is 0 Å². The molecule has 2 unspecified atom stereocenters. The lowest BCUT2D eigenvalue weighted by Gasteiger charge is -2.38. The van der Waals surface area contributed by atoms with Crippen molar-refractivity contribution in [1.82, 2.24) is 4.98 Å². The third kappa shape index (κ3) is 2.03. The van der Waals surface area contributed by atoms with Crippen LogP contribution in [0.3, 0.4) is 0 Å². The molecule has 16 heavy (non-hydrogen) atoms. The Morgan fingerprint density at radius 1 is 1.56 bits per heavy atom. The van der Waals surface area contributed by atoms with E-state index in [2.05, 4.69) is 4.98 Å². The predicted octanol–water partition coefficient (Wildman–Crippen LogP) is 1.66. The van der Waals surface area contributed by atoms with E-state index in [0.717, 1.165) is 19.3 Å². The van der Waals surface area contributed by atoms with Gasteiger partial charge in [0.1, 0.15) is 6.10 Å². The summed E-state index contributed by atoms with van der Waals surface area (Å²) in [6, 6.07) is 1.70. The fraction of sp³-hybridized carbons (Fsp3) is 0.583. The second-order valence-electron chi connectivity index (χ2n) is 4.53. The lowest BCUT2D eigenvalue weighted by molar-refractivity contribution is -0.138. The third-order valence-corrected chi connectivity index (χ3v) is 3.26. The van der Waals surface area contributed by atoms with E-state index in [0.29, 0.717) is 17.9 Å². The zero-order chi connectivity index (χ0) is 11.6. The van der Waals surface area contributed by atoms with Gasteiger partial charge in [0.25, 0.3) is 0 Å². The van der Waals surface area contributed by atoms with Crippen molar-refractivity contribution in [3.8, 4) is 0 Å². The Morgan fingerprint density at radius 2 is 2.38 bits per heavy atom. The Morgan fingerprint density at radius 3 is 3.00 bits per heavy atom. The van der Waals surface area contributed by atoms with Gasteiger partial charge in [0.2, 0.25) is 0 Å². The number of nitrogens with zero attached hydrogens (tertiary/aromatic N) is 1. The Kier molecular flexibility index (Phi) is 3.12. The molecule has 1 aromatic rings. The van der Waals surface area contributed by atoms with E-state index >= 15 is 0 Å². The predicted molar refractivity (Wildman–Crippen MR) is 61.8 cm³/mol. The van der Waals surface area contributed by atoms with Crippen LogP contribution in [-0.2, 0) is 4.74 Å². The van der Waals surface area contributed by atoms with Gasteiger partial charge in [-0.3, -0.25) is 4.98 Å². The maximum atomic E-state index is 10.3. The van der Waals surface area contributed by atoms with E-state index in [4.69, 9.17) is 10.5 Å². The minimum Gasteiger partial charge on any atom is -0.398 e. The average Bonchev–Trinajstić information content (AvgIpc) is 2.30. The van der Waals surface area contributed by atoms with Gasteiger partial charge in [-0.1, -0.05) is 0 Å². The van der Waals surface area contributed by atoms with Gasteiger partial charge in [0.05, 0.1) is 5.60 Å². The van der Waals surface area contributed by atoms with Crippen molar-refractivity contribution in [2.75, 3.05) is 12.3 Å². The molecule has 4 heteroatoms. The summed E-state index contributed by atoms with van der Waals surface area (Å²) in [5.41, 5.74) is 6.53. The molecule has 1 aliphatic heterocycles. The maximum absolute atomic E-state index is 10.3. The molecule has 4 nitrogen and oxygen atoms in total. The van der Waals surface area contributed by atoms with Crippen LogP contribution in [0.15, 0.2) is 18.5 Å². The molecule has 1 fully saturated rings. The molecular weight excluding hydrogens is 204 g/mol. The first-order valence-corrected chi connectivity index (χ1v) is 5.65. The van der Waals surface area contributed by atoms with Crippen molar-refractivity contribution >= 4 is 5.69 Å². The summed E-state index contributed by atoms with van der Waals surface area (Å²) < 4.78 is 5.70. The number of hydrogen-bond donors (Lipinski definition) is 2. The maximum Gasteiger partial charge on any atom is 0.111 e. The number of nitrogen functional groups attached to an aromatic ring is 1. The van der Waals surface area contributed by atoms with E-state index < -0.39 is 11.7 Å². The van der Waals surface area contributed by atoms with Crippen LogP contribution in [0.4, 0.5) is 5.69 Å². The smallest absolute Gasteiger partial charge is 0.111 e. The number of rotatable bonds is 2. The van der Waals surface area contributed by atoms with Crippen molar-refractivity contribution < 1.29 is 9.84 Å². The number of pyridine rings is 1. The van der Waals surface area contributed by atoms with E-state index in [-0.39, 0.29) is 0 Å². The summed E-state index contributed by atoms with van der Waals surface area (Å²) in [6.07, 6.45) is 5.52. The van der Waals surface area contributed by atoms with Crippen molar-refractivity contribution in [2.45, 2.75) is 37.9 Å². The Bertz CT molecular complexity index is 362. The highest BCUT2D eigenvalue weighted by Gasteiger charge is 2.37. The number of aliphatic hydroxyl groups excluding tert-OH is 1. The molecule has 3 N–H and O–H groups in total. The van der Waals surface area contributed by atoms with Crippen LogP contribution in [0.2, 0.25) is 0 Å². The fourth-order valence-electron chi connectivity index (χ4n) is 2.15. The normalized spacial score (nSPS) is 27.6. The largest absolute Gasteiger partial charge is 0.398 e. The van der Waals surface area contributed by atoms with Crippen LogP contribution in [-0.4, -0.2) is 22.3 Å². The highest BCUT2D eigenvalue weighted by molar-refractivity contribution is 5.46. The molecule has 0 saturated carbocycles. The summed E-state index contributed by atoms with van der Waals surface area (Å²) in [5.74, 6) is 0. The summed E-state index contributed by atoms with van der Waals surface area (Å²) in [4.78, 5) is 4.00. The molecule has 1 aliphatic rings. The number of ether oxygens (including phenoxy) is 1. The zero-order valence-electron chi connectivity index (χ0n) is 9.52. The number of anilines is 1. The highest BCUT2D eigenvalue weighted by atomic mass is 16.5. The Labute approximate surface area is 95.4 Å². The molecule has 1 saturated heterocycles. The van der Waals surface area contributed by atoms with Crippen LogP contribution in [0, 0.1) is 0 Å². The van der Waals surface area contributed by atoms with Gasteiger partial charge >= 0.3 is 0 Å². The van der Waals surface area contributed by atoms with Crippen LogP contribution in [0.5, 0.6) is 0 Å². The topological polar surface area (TPSA) is 68.4 Å². The zero-order valence-corrected chi connectivity index (χ0v) is 9.52. The summed E-state index contributed by atoms with van der Waals surface area (Å²) in [6.45, 7) is 2.64. The first-order chi connectivity index (χ1) is 7.63.